The van der Waals surface area contributed by atoms with E-state index in [2.05, 4.69) is 11.9 Å². The van der Waals surface area contributed by atoms with Gasteiger partial charge in [0.1, 0.15) is 25.6 Å². The second kappa shape index (κ2) is 10.2. The minimum absolute atomic E-state index is 0.424. The molecule has 7 heteroatoms. The molecule has 0 aromatic heterocycles. The smallest absolute Gasteiger partial charge is 0.331 e. The molecule has 30 heavy (non-hydrogen) atoms. The first-order valence-electron chi connectivity index (χ1n) is 9.48. The van der Waals surface area contributed by atoms with Crippen molar-refractivity contribution in [3.8, 4) is 17.2 Å². The van der Waals surface area contributed by atoms with Gasteiger partial charge >= 0.3 is 5.97 Å². The average Bonchev–Trinajstić information content (AvgIpc) is 2.76. The van der Waals surface area contributed by atoms with Gasteiger partial charge in [-0.05, 0) is 42.8 Å². The highest BCUT2D eigenvalue weighted by atomic mass is 16.6. The number of carbonyl (C=O) groups excluding carboxylic acids is 2. The molecule has 1 aliphatic heterocycles. The Morgan fingerprint density at radius 3 is 2.60 bits per heavy atom. The zero-order valence-corrected chi connectivity index (χ0v) is 16.6. The Balaban J connectivity index is 1.50. The Hall–Kier alpha value is -3.74. The average molecular weight is 409 g/mol. The predicted octanol–water partition coefficient (Wildman–Crippen LogP) is 3.61. The van der Waals surface area contributed by atoms with Crippen LogP contribution in [0.5, 0.6) is 17.2 Å². The van der Waals surface area contributed by atoms with E-state index in [0.717, 1.165) is 5.56 Å². The summed E-state index contributed by atoms with van der Waals surface area (Å²) in [6, 6.07) is 12.3. The molecule has 0 bridgehead atoms. The van der Waals surface area contributed by atoms with Crippen LogP contribution in [0.2, 0.25) is 0 Å². The van der Waals surface area contributed by atoms with Gasteiger partial charge in [-0.3, -0.25) is 4.79 Å². The van der Waals surface area contributed by atoms with E-state index in [-0.39, 0.29) is 0 Å². The summed E-state index contributed by atoms with van der Waals surface area (Å²) in [7, 11) is 0. The number of hydrogen-bond donors (Lipinski definition) is 1. The molecule has 3 rings (SSSR count). The SMILES string of the molecule is C=CCOc1ccc(/C=C/C(=O)O[C@@H](C)C(=O)Nc2ccc3c(c2)OCCO3)cc1. The van der Waals surface area contributed by atoms with Crippen molar-refractivity contribution in [2.24, 2.45) is 0 Å². The van der Waals surface area contributed by atoms with Crippen LogP contribution >= 0.6 is 0 Å². The number of carbonyl (C=O) groups is 2. The van der Waals surface area contributed by atoms with Crippen molar-refractivity contribution < 1.29 is 28.5 Å². The van der Waals surface area contributed by atoms with Crippen LogP contribution in [0.15, 0.2) is 61.2 Å². The quantitative estimate of drug-likeness (QED) is 0.407. The lowest BCUT2D eigenvalue weighted by Gasteiger charge is -2.19. The minimum atomic E-state index is -0.968. The summed E-state index contributed by atoms with van der Waals surface area (Å²) in [5.41, 5.74) is 1.33. The molecule has 0 saturated carbocycles. The van der Waals surface area contributed by atoms with Crippen molar-refractivity contribution in [1.29, 1.82) is 0 Å². The lowest BCUT2D eigenvalue weighted by atomic mass is 10.2. The first-order valence-corrected chi connectivity index (χ1v) is 9.48. The van der Waals surface area contributed by atoms with Crippen LogP contribution in [-0.2, 0) is 14.3 Å². The second-order valence-electron chi connectivity index (χ2n) is 6.43. The van der Waals surface area contributed by atoms with Gasteiger partial charge in [0, 0.05) is 17.8 Å². The Morgan fingerprint density at radius 2 is 1.87 bits per heavy atom. The van der Waals surface area contributed by atoms with Gasteiger partial charge in [0.15, 0.2) is 17.6 Å². The number of rotatable bonds is 8. The molecule has 0 radical (unpaired) electrons. The third kappa shape index (κ3) is 5.88. The Labute approximate surface area is 174 Å². The molecule has 2 aromatic carbocycles. The fraction of sp³-hybridized carbons (Fsp3) is 0.217. The Kier molecular flexibility index (Phi) is 7.10. The van der Waals surface area contributed by atoms with Crippen molar-refractivity contribution in [3.63, 3.8) is 0 Å². The molecule has 1 atom stereocenters. The summed E-state index contributed by atoms with van der Waals surface area (Å²) < 4.78 is 21.5. The largest absolute Gasteiger partial charge is 0.490 e. The molecule has 1 amide bonds. The summed E-state index contributed by atoms with van der Waals surface area (Å²) in [5.74, 6) is 0.833. The molecule has 1 aliphatic rings. The minimum Gasteiger partial charge on any atom is -0.490 e. The van der Waals surface area contributed by atoms with Crippen LogP contribution in [0, 0.1) is 0 Å². The fourth-order valence-corrected chi connectivity index (χ4v) is 2.63. The molecule has 0 aliphatic carbocycles. The third-order valence-electron chi connectivity index (χ3n) is 4.13. The van der Waals surface area contributed by atoms with Gasteiger partial charge in [0.05, 0.1) is 0 Å². The van der Waals surface area contributed by atoms with Crippen LogP contribution in [-0.4, -0.2) is 37.8 Å². The zero-order valence-electron chi connectivity index (χ0n) is 16.6. The van der Waals surface area contributed by atoms with E-state index in [9.17, 15) is 9.59 Å². The highest BCUT2D eigenvalue weighted by Gasteiger charge is 2.18. The van der Waals surface area contributed by atoms with E-state index >= 15 is 0 Å². The van der Waals surface area contributed by atoms with Crippen molar-refractivity contribution in [3.05, 3.63) is 66.8 Å². The molecule has 1 N–H and O–H groups in total. The number of amides is 1. The predicted molar refractivity (Wildman–Crippen MR) is 113 cm³/mol. The van der Waals surface area contributed by atoms with Crippen LogP contribution in [0.1, 0.15) is 12.5 Å². The monoisotopic (exact) mass is 409 g/mol. The molecular formula is C23H23NO6. The van der Waals surface area contributed by atoms with Gasteiger partial charge in [-0.1, -0.05) is 24.8 Å². The highest BCUT2D eigenvalue weighted by Crippen LogP contribution is 2.32. The van der Waals surface area contributed by atoms with Gasteiger partial charge in [-0.15, -0.1) is 0 Å². The zero-order chi connectivity index (χ0) is 21.3. The summed E-state index contributed by atoms with van der Waals surface area (Å²) in [6.07, 6.45) is 3.57. The van der Waals surface area contributed by atoms with E-state index in [0.29, 0.717) is 42.8 Å². The first-order chi connectivity index (χ1) is 14.5. The Bertz CT molecular complexity index is 935. The van der Waals surface area contributed by atoms with Crippen molar-refractivity contribution >= 4 is 23.6 Å². The van der Waals surface area contributed by atoms with Gasteiger partial charge in [0.25, 0.3) is 5.91 Å². The van der Waals surface area contributed by atoms with Crippen LogP contribution in [0.25, 0.3) is 6.08 Å². The van der Waals surface area contributed by atoms with Gasteiger partial charge in [0.2, 0.25) is 0 Å². The number of ether oxygens (including phenoxy) is 4. The fourth-order valence-electron chi connectivity index (χ4n) is 2.63. The normalized spacial score (nSPS) is 13.4. The maximum absolute atomic E-state index is 12.3. The molecule has 7 nitrogen and oxygen atoms in total. The molecule has 1 heterocycles. The van der Waals surface area contributed by atoms with Crippen molar-refractivity contribution in [2.45, 2.75) is 13.0 Å². The summed E-state index contributed by atoms with van der Waals surface area (Å²) >= 11 is 0. The molecule has 156 valence electrons. The van der Waals surface area contributed by atoms with Crippen molar-refractivity contribution in [2.75, 3.05) is 25.1 Å². The van der Waals surface area contributed by atoms with E-state index in [4.69, 9.17) is 18.9 Å². The van der Waals surface area contributed by atoms with Gasteiger partial charge in [-0.25, -0.2) is 4.79 Å². The number of benzene rings is 2. The molecule has 0 spiro atoms. The van der Waals surface area contributed by atoms with Crippen LogP contribution < -0.4 is 19.5 Å². The maximum Gasteiger partial charge on any atom is 0.331 e. The number of fused-ring (bicyclic) bond motifs is 1. The lowest BCUT2D eigenvalue weighted by Crippen LogP contribution is -2.29. The molecule has 0 unspecified atom stereocenters. The van der Waals surface area contributed by atoms with E-state index < -0.39 is 18.0 Å². The highest BCUT2D eigenvalue weighted by molar-refractivity contribution is 5.96. The number of nitrogens with one attached hydrogen (secondary N) is 1. The van der Waals surface area contributed by atoms with Crippen LogP contribution in [0.4, 0.5) is 5.69 Å². The molecule has 0 fully saturated rings. The lowest BCUT2D eigenvalue weighted by molar-refractivity contribution is -0.148. The molecule has 2 aromatic rings. The summed E-state index contributed by atoms with van der Waals surface area (Å²) in [6.45, 7) is 6.47. The standard InChI is InChI=1S/C23H23NO6/c1-3-12-27-19-8-4-17(5-9-19)6-11-22(25)30-16(2)23(26)24-18-7-10-20-21(15-18)29-14-13-28-20/h3-11,15-16H,1,12-14H2,2H3,(H,24,26)/b11-6+/t16-/m0/s1. The topological polar surface area (TPSA) is 83.1 Å². The van der Waals surface area contributed by atoms with E-state index in [1.54, 1.807) is 54.6 Å². The third-order valence-corrected chi connectivity index (χ3v) is 4.13. The van der Waals surface area contributed by atoms with E-state index in [1.165, 1.54) is 13.0 Å². The molecule has 0 saturated heterocycles. The second-order valence-corrected chi connectivity index (χ2v) is 6.43. The van der Waals surface area contributed by atoms with Gasteiger partial charge < -0.3 is 24.3 Å². The van der Waals surface area contributed by atoms with Crippen LogP contribution in [0.3, 0.4) is 0 Å². The van der Waals surface area contributed by atoms with Gasteiger partial charge in [-0.2, -0.15) is 0 Å². The summed E-state index contributed by atoms with van der Waals surface area (Å²) in [4.78, 5) is 24.3. The summed E-state index contributed by atoms with van der Waals surface area (Å²) in [5, 5.41) is 2.70. The van der Waals surface area contributed by atoms with Crippen molar-refractivity contribution in [1.82, 2.24) is 0 Å². The number of esters is 1. The Morgan fingerprint density at radius 1 is 1.13 bits per heavy atom. The van der Waals surface area contributed by atoms with E-state index in [1.807, 2.05) is 0 Å². The first kappa shape index (κ1) is 21.0. The maximum atomic E-state index is 12.3. The number of anilines is 1. The number of hydrogen-bond acceptors (Lipinski definition) is 6. The molecular weight excluding hydrogens is 386 g/mol.